The van der Waals surface area contributed by atoms with Gasteiger partial charge in [0.2, 0.25) is 0 Å². The molecule has 0 N–H and O–H groups in total. The van der Waals surface area contributed by atoms with Crippen LogP contribution in [0.2, 0.25) is 0 Å². The molecule has 0 saturated heterocycles. The second-order valence-electron chi connectivity index (χ2n) is 7.67. The molecule has 1 aliphatic carbocycles. The zero-order chi connectivity index (χ0) is 20.9. The predicted molar refractivity (Wildman–Crippen MR) is 117 cm³/mol. The van der Waals surface area contributed by atoms with Gasteiger partial charge in [-0.15, -0.1) is 11.3 Å². The molecule has 1 saturated carbocycles. The van der Waals surface area contributed by atoms with Crippen molar-refractivity contribution in [3.8, 4) is 11.3 Å². The first-order valence-electron chi connectivity index (χ1n) is 10.4. The van der Waals surface area contributed by atoms with Crippen molar-refractivity contribution in [1.29, 1.82) is 0 Å². The number of nitro benzene ring substituents is 1. The number of aromatic nitrogens is 1. The Labute approximate surface area is 178 Å². The van der Waals surface area contributed by atoms with Crippen LogP contribution in [0.25, 0.3) is 11.3 Å². The van der Waals surface area contributed by atoms with E-state index in [1.165, 1.54) is 48.8 Å². The van der Waals surface area contributed by atoms with Gasteiger partial charge in [-0.25, -0.2) is 9.38 Å². The average Bonchev–Trinajstić information content (AvgIpc) is 3.13. The highest BCUT2D eigenvalue weighted by atomic mass is 32.1. The van der Waals surface area contributed by atoms with Crippen LogP contribution in [0.1, 0.15) is 51.0 Å². The number of hydrogen-bond acceptors (Lipinski definition) is 4. The SMILES string of the molecule is O=[N+]([O-])c1cccc(-c2csc(=Nc3ccc(F)cc3)n2C2CCCCCCC2)c1. The Kier molecular flexibility index (Phi) is 6.38. The van der Waals surface area contributed by atoms with Crippen molar-refractivity contribution < 1.29 is 9.31 Å². The van der Waals surface area contributed by atoms with Gasteiger partial charge in [0.25, 0.3) is 5.69 Å². The fraction of sp³-hybridized carbons (Fsp3) is 0.348. The lowest BCUT2D eigenvalue weighted by molar-refractivity contribution is -0.384. The van der Waals surface area contributed by atoms with Crippen LogP contribution < -0.4 is 4.80 Å². The fourth-order valence-corrected chi connectivity index (χ4v) is 5.05. The Morgan fingerprint density at radius 1 is 1.03 bits per heavy atom. The van der Waals surface area contributed by atoms with Gasteiger partial charge in [-0.1, -0.05) is 44.2 Å². The van der Waals surface area contributed by atoms with Crippen LogP contribution in [0, 0.1) is 15.9 Å². The van der Waals surface area contributed by atoms with Gasteiger partial charge in [0.1, 0.15) is 5.82 Å². The first kappa shape index (κ1) is 20.5. The summed E-state index contributed by atoms with van der Waals surface area (Å²) in [5.74, 6) is -0.287. The molecule has 3 aromatic rings. The number of nitro groups is 1. The van der Waals surface area contributed by atoms with Crippen LogP contribution in [-0.2, 0) is 0 Å². The first-order valence-corrected chi connectivity index (χ1v) is 11.2. The van der Waals surface area contributed by atoms with Gasteiger partial charge in [-0.2, -0.15) is 0 Å². The van der Waals surface area contributed by atoms with Gasteiger partial charge in [0.05, 0.1) is 16.3 Å². The molecular weight excluding hydrogens is 401 g/mol. The Balaban J connectivity index is 1.84. The Morgan fingerprint density at radius 2 is 1.73 bits per heavy atom. The minimum atomic E-state index is -0.361. The van der Waals surface area contributed by atoms with Crippen LogP contribution in [0.4, 0.5) is 15.8 Å². The number of halogens is 1. The van der Waals surface area contributed by atoms with E-state index in [9.17, 15) is 14.5 Å². The van der Waals surface area contributed by atoms with Crippen molar-refractivity contribution in [2.24, 2.45) is 4.99 Å². The van der Waals surface area contributed by atoms with Crippen molar-refractivity contribution in [3.05, 3.63) is 74.6 Å². The highest BCUT2D eigenvalue weighted by molar-refractivity contribution is 7.07. The lowest BCUT2D eigenvalue weighted by Gasteiger charge is -2.23. The summed E-state index contributed by atoms with van der Waals surface area (Å²) in [5.41, 5.74) is 2.56. The smallest absolute Gasteiger partial charge is 0.270 e. The van der Waals surface area contributed by atoms with E-state index in [-0.39, 0.29) is 16.4 Å². The van der Waals surface area contributed by atoms with Crippen LogP contribution in [0.15, 0.2) is 58.9 Å². The summed E-state index contributed by atoms with van der Waals surface area (Å²) >= 11 is 1.52. The number of thiazole rings is 1. The van der Waals surface area contributed by atoms with Crippen molar-refractivity contribution in [3.63, 3.8) is 0 Å². The van der Waals surface area contributed by atoms with E-state index >= 15 is 0 Å². The van der Waals surface area contributed by atoms with Crippen LogP contribution in [-0.4, -0.2) is 9.49 Å². The van der Waals surface area contributed by atoms with E-state index in [0.717, 1.165) is 41.7 Å². The van der Waals surface area contributed by atoms with Gasteiger partial charge in [-0.05, 0) is 37.1 Å². The standard InChI is InChI=1S/C23H24FN3O2S/c24-18-11-13-19(14-12-18)25-23-26(20-8-4-2-1-3-5-9-20)22(16-30-23)17-7-6-10-21(15-17)27(28)29/h6-7,10-16,20H,1-5,8-9H2. The van der Waals surface area contributed by atoms with Crippen molar-refractivity contribution in [2.75, 3.05) is 0 Å². The number of nitrogens with zero attached hydrogens (tertiary/aromatic N) is 3. The van der Waals surface area contributed by atoms with Gasteiger partial charge in [0.15, 0.2) is 4.80 Å². The topological polar surface area (TPSA) is 60.4 Å². The second kappa shape index (κ2) is 9.34. The van der Waals surface area contributed by atoms with Crippen LogP contribution in [0.3, 0.4) is 0 Å². The highest BCUT2D eigenvalue weighted by Gasteiger charge is 2.20. The number of benzene rings is 2. The third-order valence-corrected chi connectivity index (χ3v) is 6.43. The van der Waals surface area contributed by atoms with Gasteiger partial charge in [0, 0.05) is 29.1 Å². The second-order valence-corrected chi connectivity index (χ2v) is 8.50. The molecule has 156 valence electrons. The van der Waals surface area contributed by atoms with Crippen LogP contribution in [0.5, 0.6) is 0 Å². The number of non-ortho nitro benzene ring substituents is 1. The maximum atomic E-state index is 13.3. The van der Waals surface area contributed by atoms with Crippen molar-refractivity contribution in [2.45, 2.75) is 51.0 Å². The largest absolute Gasteiger partial charge is 0.313 e. The van der Waals surface area contributed by atoms with Gasteiger partial charge in [-0.3, -0.25) is 10.1 Å². The molecule has 7 heteroatoms. The van der Waals surface area contributed by atoms with E-state index in [2.05, 4.69) is 4.57 Å². The molecule has 0 aliphatic heterocycles. The monoisotopic (exact) mass is 425 g/mol. The van der Waals surface area contributed by atoms with Gasteiger partial charge >= 0.3 is 0 Å². The molecule has 1 aromatic heterocycles. The highest BCUT2D eigenvalue weighted by Crippen LogP contribution is 2.32. The van der Waals surface area contributed by atoms with E-state index in [0.29, 0.717) is 11.7 Å². The molecule has 0 unspecified atom stereocenters. The lowest BCUT2D eigenvalue weighted by Crippen LogP contribution is -2.22. The summed E-state index contributed by atoms with van der Waals surface area (Å²) in [5, 5.41) is 13.3. The molecule has 5 nitrogen and oxygen atoms in total. The third-order valence-electron chi connectivity index (χ3n) is 5.59. The molecule has 2 aromatic carbocycles. The molecule has 1 aliphatic rings. The Hall–Kier alpha value is -2.80. The van der Waals surface area contributed by atoms with Crippen molar-refractivity contribution >= 4 is 22.7 Å². The summed E-state index contributed by atoms with van der Waals surface area (Å²) < 4.78 is 15.6. The molecule has 30 heavy (non-hydrogen) atoms. The molecular formula is C23H24FN3O2S. The molecule has 1 fully saturated rings. The summed E-state index contributed by atoms with van der Waals surface area (Å²) in [4.78, 5) is 16.6. The third kappa shape index (κ3) is 4.67. The van der Waals surface area contributed by atoms with E-state index in [4.69, 9.17) is 4.99 Å². The number of rotatable bonds is 4. The maximum absolute atomic E-state index is 13.3. The van der Waals surface area contributed by atoms with Gasteiger partial charge < -0.3 is 4.57 Å². The normalized spacial score (nSPS) is 16.2. The zero-order valence-corrected chi connectivity index (χ0v) is 17.5. The average molecular weight is 426 g/mol. The summed E-state index contributed by atoms with van der Waals surface area (Å²) in [6, 6.07) is 13.2. The van der Waals surface area contributed by atoms with E-state index in [1.807, 2.05) is 11.4 Å². The first-order chi connectivity index (χ1) is 14.6. The maximum Gasteiger partial charge on any atom is 0.270 e. The summed E-state index contributed by atoms with van der Waals surface area (Å²) in [6.07, 6.45) is 8.21. The molecule has 1 heterocycles. The summed E-state index contributed by atoms with van der Waals surface area (Å²) in [7, 11) is 0. The Bertz CT molecular complexity index is 1080. The van der Waals surface area contributed by atoms with Crippen molar-refractivity contribution in [1.82, 2.24) is 4.57 Å². The van der Waals surface area contributed by atoms with E-state index in [1.54, 1.807) is 24.3 Å². The molecule has 0 spiro atoms. The molecule has 0 amide bonds. The zero-order valence-electron chi connectivity index (χ0n) is 16.7. The van der Waals surface area contributed by atoms with E-state index < -0.39 is 0 Å². The predicted octanol–water partition coefficient (Wildman–Crippen LogP) is 6.78. The molecule has 0 bridgehead atoms. The fourth-order valence-electron chi connectivity index (χ4n) is 4.06. The number of hydrogen-bond donors (Lipinski definition) is 0. The summed E-state index contributed by atoms with van der Waals surface area (Å²) in [6.45, 7) is 0. The molecule has 0 radical (unpaired) electrons. The molecule has 4 rings (SSSR count). The quantitative estimate of drug-likeness (QED) is 0.342. The molecule has 0 atom stereocenters. The minimum Gasteiger partial charge on any atom is -0.313 e. The lowest BCUT2D eigenvalue weighted by atomic mass is 9.96. The van der Waals surface area contributed by atoms with Crippen LogP contribution >= 0.6 is 11.3 Å². The minimum absolute atomic E-state index is 0.0833. The Morgan fingerprint density at radius 3 is 2.43 bits per heavy atom.